The summed E-state index contributed by atoms with van der Waals surface area (Å²) in [5.41, 5.74) is 1.01. The van der Waals surface area contributed by atoms with Gasteiger partial charge in [0.05, 0.1) is 0 Å². The third kappa shape index (κ3) is 5.12. The zero-order valence-corrected chi connectivity index (χ0v) is 11.1. The van der Waals surface area contributed by atoms with Crippen molar-refractivity contribution in [3.63, 3.8) is 0 Å². The zero-order chi connectivity index (χ0) is 12.0. The molecule has 0 saturated carbocycles. The number of carbonyl (C=O) groups excluding carboxylic acids is 1. The van der Waals surface area contributed by atoms with E-state index in [0.717, 1.165) is 10.0 Å². The second kappa shape index (κ2) is 6.48. The van der Waals surface area contributed by atoms with Crippen LogP contribution < -0.4 is 5.32 Å². The Morgan fingerprint density at radius 3 is 2.88 bits per heavy atom. The Kier molecular flexibility index (Phi) is 5.26. The molecule has 0 aromatic heterocycles. The van der Waals surface area contributed by atoms with Gasteiger partial charge in [-0.25, -0.2) is 0 Å². The first kappa shape index (κ1) is 13.0. The molecule has 0 bridgehead atoms. The van der Waals surface area contributed by atoms with Gasteiger partial charge in [-0.15, -0.1) is 0 Å². The van der Waals surface area contributed by atoms with Crippen LogP contribution >= 0.6 is 15.9 Å². The SMILES string of the molecule is CC(C)CNC(=O)/C=C/c1cccc(Br)c1. The lowest BCUT2D eigenvalue weighted by Gasteiger charge is -2.04. The number of benzene rings is 1. The Balaban J connectivity index is 2.50. The summed E-state index contributed by atoms with van der Waals surface area (Å²) in [6.07, 6.45) is 3.37. The number of amides is 1. The van der Waals surface area contributed by atoms with Gasteiger partial charge in [0.2, 0.25) is 5.91 Å². The van der Waals surface area contributed by atoms with Crippen LogP contribution in [-0.2, 0) is 4.79 Å². The topological polar surface area (TPSA) is 29.1 Å². The number of rotatable bonds is 4. The maximum absolute atomic E-state index is 11.4. The van der Waals surface area contributed by atoms with Crippen molar-refractivity contribution in [2.24, 2.45) is 5.92 Å². The minimum atomic E-state index is -0.0475. The quantitative estimate of drug-likeness (QED) is 0.844. The molecule has 0 aliphatic carbocycles. The largest absolute Gasteiger partial charge is 0.352 e. The maximum Gasteiger partial charge on any atom is 0.244 e. The fourth-order valence-electron chi connectivity index (χ4n) is 1.15. The van der Waals surface area contributed by atoms with Crippen molar-refractivity contribution in [1.29, 1.82) is 0 Å². The van der Waals surface area contributed by atoms with Gasteiger partial charge >= 0.3 is 0 Å². The van der Waals surface area contributed by atoms with Crippen molar-refractivity contribution in [1.82, 2.24) is 5.32 Å². The minimum absolute atomic E-state index is 0.0475. The van der Waals surface area contributed by atoms with Gasteiger partial charge in [-0.3, -0.25) is 4.79 Å². The third-order valence-electron chi connectivity index (χ3n) is 1.96. The van der Waals surface area contributed by atoms with Crippen molar-refractivity contribution in [2.75, 3.05) is 6.54 Å². The van der Waals surface area contributed by atoms with Crippen LogP contribution in [-0.4, -0.2) is 12.5 Å². The van der Waals surface area contributed by atoms with E-state index in [1.165, 1.54) is 0 Å². The first-order chi connectivity index (χ1) is 7.58. The molecule has 0 radical (unpaired) electrons. The van der Waals surface area contributed by atoms with Crippen molar-refractivity contribution < 1.29 is 4.79 Å². The molecule has 0 spiro atoms. The van der Waals surface area contributed by atoms with Gasteiger partial charge < -0.3 is 5.32 Å². The lowest BCUT2D eigenvalue weighted by molar-refractivity contribution is -0.116. The highest BCUT2D eigenvalue weighted by atomic mass is 79.9. The van der Waals surface area contributed by atoms with Gasteiger partial charge in [0.1, 0.15) is 0 Å². The van der Waals surface area contributed by atoms with Gasteiger partial charge in [0.25, 0.3) is 0 Å². The third-order valence-corrected chi connectivity index (χ3v) is 2.45. The summed E-state index contributed by atoms with van der Waals surface area (Å²) in [6.45, 7) is 4.85. The Morgan fingerprint density at radius 2 is 2.25 bits per heavy atom. The van der Waals surface area contributed by atoms with E-state index in [9.17, 15) is 4.79 Å². The fraction of sp³-hybridized carbons (Fsp3) is 0.308. The fourth-order valence-corrected chi connectivity index (χ4v) is 1.56. The maximum atomic E-state index is 11.4. The van der Waals surface area contributed by atoms with E-state index >= 15 is 0 Å². The molecule has 86 valence electrons. The summed E-state index contributed by atoms with van der Waals surface area (Å²) in [7, 11) is 0. The summed E-state index contributed by atoms with van der Waals surface area (Å²) < 4.78 is 1.01. The van der Waals surface area contributed by atoms with Gasteiger partial charge in [-0.05, 0) is 29.7 Å². The molecule has 2 nitrogen and oxygen atoms in total. The summed E-state index contributed by atoms with van der Waals surface area (Å²) in [6, 6.07) is 7.81. The number of carbonyl (C=O) groups is 1. The predicted molar refractivity (Wildman–Crippen MR) is 71.0 cm³/mol. The van der Waals surface area contributed by atoms with Crippen LogP contribution in [0.4, 0.5) is 0 Å². The number of nitrogens with one attached hydrogen (secondary N) is 1. The van der Waals surface area contributed by atoms with Crippen molar-refractivity contribution in [3.8, 4) is 0 Å². The Morgan fingerprint density at radius 1 is 1.50 bits per heavy atom. The van der Waals surface area contributed by atoms with Crippen LogP contribution in [0.3, 0.4) is 0 Å². The monoisotopic (exact) mass is 281 g/mol. The van der Waals surface area contributed by atoms with Crippen molar-refractivity contribution >= 4 is 27.9 Å². The average Bonchev–Trinajstić information content (AvgIpc) is 2.23. The van der Waals surface area contributed by atoms with Crippen molar-refractivity contribution in [2.45, 2.75) is 13.8 Å². The second-order valence-corrected chi connectivity index (χ2v) is 4.94. The average molecular weight is 282 g/mol. The highest BCUT2D eigenvalue weighted by Gasteiger charge is 1.97. The molecule has 16 heavy (non-hydrogen) atoms. The molecule has 0 heterocycles. The summed E-state index contributed by atoms with van der Waals surface area (Å²) in [4.78, 5) is 11.4. The molecular formula is C13H16BrNO. The van der Waals surface area contributed by atoms with Crippen LogP contribution in [0.2, 0.25) is 0 Å². The van der Waals surface area contributed by atoms with E-state index < -0.39 is 0 Å². The van der Waals surface area contributed by atoms with E-state index in [-0.39, 0.29) is 5.91 Å². The standard InChI is InChI=1S/C13H16BrNO/c1-10(2)9-15-13(16)7-6-11-4-3-5-12(14)8-11/h3-8,10H,9H2,1-2H3,(H,15,16)/b7-6+. The molecule has 1 rings (SSSR count). The highest BCUT2D eigenvalue weighted by molar-refractivity contribution is 9.10. The normalized spacial score (nSPS) is 11.0. The zero-order valence-electron chi connectivity index (χ0n) is 9.53. The first-order valence-corrected chi connectivity index (χ1v) is 6.08. The van der Waals surface area contributed by atoms with Gasteiger partial charge in [0.15, 0.2) is 0 Å². The summed E-state index contributed by atoms with van der Waals surface area (Å²) >= 11 is 3.38. The molecule has 0 aliphatic heterocycles. The molecule has 0 unspecified atom stereocenters. The van der Waals surface area contributed by atoms with Crippen LogP contribution in [0, 0.1) is 5.92 Å². The van der Waals surface area contributed by atoms with E-state index in [4.69, 9.17) is 0 Å². The number of halogens is 1. The molecule has 0 fully saturated rings. The Bertz CT molecular complexity index is 385. The summed E-state index contributed by atoms with van der Waals surface area (Å²) in [5, 5.41) is 2.83. The molecule has 1 aromatic carbocycles. The van der Waals surface area contributed by atoms with E-state index in [2.05, 4.69) is 35.1 Å². The molecular weight excluding hydrogens is 266 g/mol. The molecule has 0 aliphatic rings. The van der Waals surface area contributed by atoms with Crippen LogP contribution in [0.15, 0.2) is 34.8 Å². The van der Waals surface area contributed by atoms with Crippen LogP contribution in [0.1, 0.15) is 19.4 Å². The molecule has 0 atom stereocenters. The molecule has 0 saturated heterocycles. The van der Waals surface area contributed by atoms with E-state index in [1.54, 1.807) is 12.2 Å². The lowest BCUT2D eigenvalue weighted by atomic mass is 10.2. The van der Waals surface area contributed by atoms with Crippen LogP contribution in [0.25, 0.3) is 6.08 Å². The Hall–Kier alpha value is -1.09. The van der Waals surface area contributed by atoms with Gasteiger partial charge in [-0.2, -0.15) is 0 Å². The number of hydrogen-bond acceptors (Lipinski definition) is 1. The number of hydrogen-bond donors (Lipinski definition) is 1. The van der Waals surface area contributed by atoms with E-state index in [1.807, 2.05) is 24.3 Å². The van der Waals surface area contributed by atoms with E-state index in [0.29, 0.717) is 12.5 Å². The lowest BCUT2D eigenvalue weighted by Crippen LogP contribution is -2.25. The smallest absolute Gasteiger partial charge is 0.244 e. The predicted octanol–water partition coefficient (Wildman–Crippen LogP) is 3.23. The van der Waals surface area contributed by atoms with Gasteiger partial charge in [0, 0.05) is 17.1 Å². The van der Waals surface area contributed by atoms with Crippen LogP contribution in [0.5, 0.6) is 0 Å². The second-order valence-electron chi connectivity index (χ2n) is 4.03. The molecule has 1 amide bonds. The van der Waals surface area contributed by atoms with Crippen molar-refractivity contribution in [3.05, 3.63) is 40.4 Å². The minimum Gasteiger partial charge on any atom is -0.352 e. The molecule has 1 aromatic rings. The first-order valence-electron chi connectivity index (χ1n) is 5.29. The Labute approximate surface area is 105 Å². The summed E-state index contributed by atoms with van der Waals surface area (Å²) in [5.74, 6) is 0.428. The van der Waals surface area contributed by atoms with Gasteiger partial charge in [-0.1, -0.05) is 41.9 Å². The molecule has 3 heteroatoms. The molecule has 1 N–H and O–H groups in total. The highest BCUT2D eigenvalue weighted by Crippen LogP contribution is 2.12.